The normalized spacial score (nSPS) is 11.4. The van der Waals surface area contributed by atoms with Crippen LogP contribution < -0.4 is 0 Å². The Kier molecular flexibility index (Phi) is 3.84. The van der Waals surface area contributed by atoms with Crippen molar-refractivity contribution in [2.45, 2.75) is 13.8 Å². The van der Waals surface area contributed by atoms with Crippen LogP contribution in [0.4, 0.5) is 0 Å². The van der Waals surface area contributed by atoms with E-state index < -0.39 is 0 Å². The third-order valence-corrected chi connectivity index (χ3v) is 5.91. The molecule has 5 aromatic rings. The van der Waals surface area contributed by atoms with Crippen LogP contribution in [0.25, 0.3) is 44.1 Å². The molecule has 0 amide bonds. The quantitative estimate of drug-likeness (QED) is 0.311. The Hall–Kier alpha value is -3.32. The Morgan fingerprint density at radius 2 is 1.25 bits per heavy atom. The van der Waals surface area contributed by atoms with Crippen molar-refractivity contribution in [2.75, 3.05) is 0 Å². The molecule has 1 heterocycles. The van der Waals surface area contributed by atoms with Crippen LogP contribution in [0.5, 0.6) is 0 Å². The lowest BCUT2D eigenvalue weighted by molar-refractivity contribution is 1.02. The number of fused-ring (bicyclic) bond motifs is 3. The van der Waals surface area contributed by atoms with Crippen molar-refractivity contribution < 1.29 is 0 Å². The van der Waals surface area contributed by atoms with Gasteiger partial charge in [-0.3, -0.25) is 0 Å². The smallest absolute Gasteiger partial charge is 0.0568 e. The first-order chi connectivity index (χ1) is 13.6. The molecule has 0 atom stereocenters. The average Bonchev–Trinajstić information content (AvgIpc) is 3.02. The van der Waals surface area contributed by atoms with E-state index in [4.69, 9.17) is 0 Å². The summed E-state index contributed by atoms with van der Waals surface area (Å²) >= 11 is 0. The van der Waals surface area contributed by atoms with Crippen LogP contribution >= 0.6 is 0 Å². The molecule has 0 aliphatic heterocycles. The van der Waals surface area contributed by atoms with Crippen molar-refractivity contribution in [1.29, 1.82) is 0 Å². The number of nitrogens with zero attached hydrogens (tertiary/aromatic N) is 1. The summed E-state index contributed by atoms with van der Waals surface area (Å²) in [5.41, 5.74) is 10.4. The van der Waals surface area contributed by atoms with Crippen LogP contribution in [0.2, 0.25) is 0 Å². The lowest BCUT2D eigenvalue weighted by atomic mass is 9.92. The number of para-hydroxylation sites is 2. The number of hydrogen-bond acceptors (Lipinski definition) is 0. The maximum atomic E-state index is 2.35. The zero-order valence-corrected chi connectivity index (χ0v) is 16.5. The molecule has 0 aliphatic carbocycles. The minimum atomic E-state index is 1.26. The molecule has 28 heavy (non-hydrogen) atoms. The molecule has 0 fully saturated rings. The molecule has 1 heteroatoms. The summed E-state index contributed by atoms with van der Waals surface area (Å²) in [6.45, 7) is 4.38. The van der Waals surface area contributed by atoms with Crippen molar-refractivity contribution in [3.8, 4) is 22.3 Å². The molecule has 0 radical (unpaired) electrons. The lowest BCUT2D eigenvalue weighted by Gasteiger charge is -2.13. The second-order valence-corrected chi connectivity index (χ2v) is 7.62. The average molecular weight is 361 g/mol. The van der Waals surface area contributed by atoms with Crippen LogP contribution in [0.15, 0.2) is 84.9 Å². The molecule has 0 unspecified atom stereocenters. The summed E-state index contributed by atoms with van der Waals surface area (Å²) in [4.78, 5) is 0. The van der Waals surface area contributed by atoms with Crippen molar-refractivity contribution in [2.24, 2.45) is 7.05 Å². The molecular weight excluding hydrogens is 338 g/mol. The fourth-order valence-electron chi connectivity index (χ4n) is 4.42. The van der Waals surface area contributed by atoms with Gasteiger partial charge in [0.05, 0.1) is 5.52 Å². The van der Waals surface area contributed by atoms with Gasteiger partial charge in [-0.15, -0.1) is 0 Å². The first-order valence-electron chi connectivity index (χ1n) is 9.78. The van der Waals surface area contributed by atoms with Crippen LogP contribution in [0.3, 0.4) is 0 Å². The van der Waals surface area contributed by atoms with Crippen LogP contribution in [-0.2, 0) is 7.05 Å². The molecular formula is C27H23N. The summed E-state index contributed by atoms with van der Waals surface area (Å²) in [5.74, 6) is 0. The summed E-state index contributed by atoms with van der Waals surface area (Å²) in [7, 11) is 2.17. The molecule has 0 spiro atoms. The van der Waals surface area contributed by atoms with E-state index in [2.05, 4.69) is 110 Å². The van der Waals surface area contributed by atoms with Gasteiger partial charge in [-0.2, -0.15) is 0 Å². The van der Waals surface area contributed by atoms with Gasteiger partial charge < -0.3 is 4.57 Å². The zero-order valence-electron chi connectivity index (χ0n) is 16.5. The molecule has 0 saturated carbocycles. The molecule has 1 nitrogen and oxygen atoms in total. The number of rotatable bonds is 2. The second-order valence-electron chi connectivity index (χ2n) is 7.62. The van der Waals surface area contributed by atoms with Gasteiger partial charge in [-0.25, -0.2) is 0 Å². The standard InChI is InChI=1S/C27H23N/c1-18-9-4-5-10-21(18)25-17-20(16-15-19(25)2)22-12-8-13-24-23-11-6-7-14-26(23)28(3)27(22)24/h4-17H,1-3H3. The lowest BCUT2D eigenvalue weighted by Crippen LogP contribution is -1.92. The van der Waals surface area contributed by atoms with Crippen molar-refractivity contribution in [3.63, 3.8) is 0 Å². The number of aromatic nitrogens is 1. The first-order valence-corrected chi connectivity index (χ1v) is 9.78. The SMILES string of the molecule is Cc1ccccc1-c1cc(-c2cccc3c4ccccc4n(C)c23)ccc1C. The maximum absolute atomic E-state index is 2.35. The van der Waals surface area contributed by atoms with Crippen molar-refractivity contribution in [1.82, 2.24) is 4.57 Å². The van der Waals surface area contributed by atoms with E-state index >= 15 is 0 Å². The monoisotopic (exact) mass is 361 g/mol. The van der Waals surface area contributed by atoms with Gasteiger partial charge in [0.15, 0.2) is 0 Å². The molecule has 5 rings (SSSR count). The van der Waals surface area contributed by atoms with Gasteiger partial charge in [0.1, 0.15) is 0 Å². The molecule has 136 valence electrons. The van der Waals surface area contributed by atoms with Gasteiger partial charge in [-0.05, 0) is 53.8 Å². The van der Waals surface area contributed by atoms with E-state index in [1.165, 1.54) is 55.2 Å². The van der Waals surface area contributed by atoms with Crippen molar-refractivity contribution in [3.05, 3.63) is 96.1 Å². The Morgan fingerprint density at radius 3 is 2.11 bits per heavy atom. The molecule has 0 aliphatic rings. The number of aryl methyl sites for hydroxylation is 3. The highest BCUT2D eigenvalue weighted by Crippen LogP contribution is 2.37. The van der Waals surface area contributed by atoms with Gasteiger partial charge in [0.25, 0.3) is 0 Å². The van der Waals surface area contributed by atoms with Crippen LogP contribution in [0.1, 0.15) is 11.1 Å². The Bertz CT molecular complexity index is 1340. The third-order valence-electron chi connectivity index (χ3n) is 5.91. The molecule has 1 aromatic heterocycles. The Morgan fingerprint density at radius 1 is 0.571 bits per heavy atom. The van der Waals surface area contributed by atoms with E-state index in [0.29, 0.717) is 0 Å². The van der Waals surface area contributed by atoms with Gasteiger partial charge in [-0.1, -0.05) is 72.8 Å². The first kappa shape index (κ1) is 16.8. The van der Waals surface area contributed by atoms with Gasteiger partial charge in [0.2, 0.25) is 0 Å². The van der Waals surface area contributed by atoms with Gasteiger partial charge >= 0.3 is 0 Å². The minimum Gasteiger partial charge on any atom is -0.343 e. The maximum Gasteiger partial charge on any atom is 0.0568 e. The fraction of sp³-hybridized carbons (Fsp3) is 0.111. The van der Waals surface area contributed by atoms with E-state index in [9.17, 15) is 0 Å². The van der Waals surface area contributed by atoms with E-state index in [1.54, 1.807) is 0 Å². The number of hydrogen-bond donors (Lipinski definition) is 0. The molecule has 0 N–H and O–H groups in total. The van der Waals surface area contributed by atoms with E-state index in [1.807, 2.05) is 0 Å². The second kappa shape index (κ2) is 6.38. The zero-order chi connectivity index (χ0) is 19.3. The summed E-state index contributed by atoms with van der Waals surface area (Å²) in [6.07, 6.45) is 0. The van der Waals surface area contributed by atoms with Gasteiger partial charge in [0, 0.05) is 28.9 Å². The van der Waals surface area contributed by atoms with E-state index in [-0.39, 0.29) is 0 Å². The van der Waals surface area contributed by atoms with Crippen LogP contribution in [-0.4, -0.2) is 4.57 Å². The fourth-order valence-corrected chi connectivity index (χ4v) is 4.42. The van der Waals surface area contributed by atoms with E-state index in [0.717, 1.165) is 0 Å². The highest BCUT2D eigenvalue weighted by atomic mass is 14.9. The Balaban J connectivity index is 1.80. The highest BCUT2D eigenvalue weighted by Gasteiger charge is 2.14. The third kappa shape index (κ3) is 2.47. The molecule has 4 aromatic carbocycles. The van der Waals surface area contributed by atoms with Crippen molar-refractivity contribution >= 4 is 21.8 Å². The molecule has 0 bridgehead atoms. The summed E-state index contributed by atoms with van der Waals surface area (Å²) in [5, 5.41) is 2.63. The predicted octanol–water partition coefficient (Wildman–Crippen LogP) is 7.28. The topological polar surface area (TPSA) is 4.93 Å². The van der Waals surface area contributed by atoms with Crippen LogP contribution in [0, 0.1) is 13.8 Å². The summed E-state index contributed by atoms with van der Waals surface area (Å²) < 4.78 is 2.33. The largest absolute Gasteiger partial charge is 0.343 e. The molecule has 0 saturated heterocycles. The Labute approximate surface area is 165 Å². The predicted molar refractivity (Wildman–Crippen MR) is 121 cm³/mol. The number of benzene rings is 4. The summed E-state index contributed by atoms with van der Waals surface area (Å²) in [6, 6.07) is 30.8. The highest BCUT2D eigenvalue weighted by molar-refractivity contribution is 6.12. The minimum absolute atomic E-state index is 1.26.